The minimum Gasteiger partial charge on any atom is -0.309 e. The molecule has 0 spiro atoms. The highest BCUT2D eigenvalue weighted by Crippen LogP contribution is 2.27. The molecule has 7 nitrogen and oxygen atoms in total. The maximum absolute atomic E-state index is 12.5. The van der Waals surface area contributed by atoms with Crippen molar-refractivity contribution < 1.29 is 0 Å². The molecule has 160 valence electrons. The first-order valence-corrected chi connectivity index (χ1v) is 12.2. The summed E-state index contributed by atoms with van der Waals surface area (Å²) in [7, 11) is 0. The SMILES string of the molecule is C=CCn1c(CCN2CCCCC2)nnc1SCc1nc2sc(C)c(C)c2c(=O)[nH]1. The molecule has 3 aromatic heterocycles. The van der Waals surface area contributed by atoms with Crippen molar-refractivity contribution in [2.75, 3.05) is 19.6 Å². The van der Waals surface area contributed by atoms with Crippen LogP contribution in [0.3, 0.4) is 0 Å². The number of H-pyrrole nitrogens is 1. The van der Waals surface area contributed by atoms with E-state index in [1.54, 1.807) is 23.1 Å². The molecule has 4 heterocycles. The van der Waals surface area contributed by atoms with E-state index in [9.17, 15) is 4.79 Å². The monoisotopic (exact) mass is 444 g/mol. The molecule has 9 heteroatoms. The van der Waals surface area contributed by atoms with Crippen molar-refractivity contribution in [1.82, 2.24) is 29.6 Å². The van der Waals surface area contributed by atoms with Gasteiger partial charge in [0.2, 0.25) is 0 Å². The van der Waals surface area contributed by atoms with Gasteiger partial charge in [0.05, 0.1) is 11.1 Å². The van der Waals surface area contributed by atoms with E-state index in [2.05, 4.69) is 36.2 Å². The van der Waals surface area contributed by atoms with Gasteiger partial charge in [-0.1, -0.05) is 24.3 Å². The first-order chi connectivity index (χ1) is 14.6. The van der Waals surface area contributed by atoms with Gasteiger partial charge in [0.25, 0.3) is 5.56 Å². The van der Waals surface area contributed by atoms with Crippen LogP contribution in [0.2, 0.25) is 0 Å². The summed E-state index contributed by atoms with van der Waals surface area (Å²) in [4.78, 5) is 24.6. The van der Waals surface area contributed by atoms with Crippen LogP contribution in [0.5, 0.6) is 0 Å². The largest absolute Gasteiger partial charge is 0.309 e. The number of aryl methyl sites for hydroxylation is 2. The Morgan fingerprint density at radius 2 is 2.03 bits per heavy atom. The zero-order valence-corrected chi connectivity index (χ0v) is 19.2. The lowest BCUT2D eigenvalue weighted by Gasteiger charge is -2.26. The van der Waals surface area contributed by atoms with Crippen LogP contribution in [0.1, 0.15) is 41.4 Å². The predicted molar refractivity (Wildman–Crippen MR) is 123 cm³/mol. The van der Waals surface area contributed by atoms with Crippen molar-refractivity contribution in [2.24, 2.45) is 0 Å². The van der Waals surface area contributed by atoms with Crippen molar-refractivity contribution in [2.45, 2.75) is 57.0 Å². The number of allylic oxidation sites excluding steroid dienone is 1. The molecule has 4 rings (SSSR count). The van der Waals surface area contributed by atoms with Gasteiger partial charge in [0.15, 0.2) is 5.16 Å². The van der Waals surface area contributed by atoms with Crippen LogP contribution in [0.15, 0.2) is 22.6 Å². The van der Waals surface area contributed by atoms with Crippen molar-refractivity contribution in [3.8, 4) is 0 Å². The Bertz CT molecular complexity index is 1090. The lowest BCUT2D eigenvalue weighted by atomic mass is 10.1. The molecule has 0 aromatic carbocycles. The molecule has 0 amide bonds. The van der Waals surface area contributed by atoms with Gasteiger partial charge in [-0.15, -0.1) is 28.1 Å². The zero-order chi connectivity index (χ0) is 21.1. The molecular weight excluding hydrogens is 416 g/mol. The number of fused-ring (bicyclic) bond motifs is 1. The van der Waals surface area contributed by atoms with Crippen LogP contribution in [0, 0.1) is 13.8 Å². The van der Waals surface area contributed by atoms with Crippen LogP contribution in [-0.4, -0.2) is 49.3 Å². The van der Waals surface area contributed by atoms with E-state index >= 15 is 0 Å². The number of hydrogen-bond donors (Lipinski definition) is 1. The number of likely N-dealkylation sites (tertiary alicyclic amines) is 1. The molecule has 0 radical (unpaired) electrons. The Morgan fingerprint density at radius 1 is 1.23 bits per heavy atom. The third-order valence-electron chi connectivity index (χ3n) is 5.63. The second-order valence-electron chi connectivity index (χ2n) is 7.72. The van der Waals surface area contributed by atoms with E-state index in [0.717, 1.165) is 39.2 Å². The number of rotatable bonds is 8. The van der Waals surface area contributed by atoms with Crippen molar-refractivity contribution in [1.29, 1.82) is 0 Å². The highest BCUT2D eigenvalue weighted by molar-refractivity contribution is 7.98. The Kier molecular flexibility index (Phi) is 6.70. The summed E-state index contributed by atoms with van der Waals surface area (Å²) in [6.07, 6.45) is 6.69. The Labute approximate surface area is 184 Å². The number of piperidine rings is 1. The minimum absolute atomic E-state index is 0.0628. The summed E-state index contributed by atoms with van der Waals surface area (Å²) < 4.78 is 2.12. The van der Waals surface area contributed by atoms with Crippen LogP contribution in [0.4, 0.5) is 0 Å². The van der Waals surface area contributed by atoms with E-state index in [1.807, 2.05) is 19.9 Å². The molecule has 1 N–H and O–H groups in total. The van der Waals surface area contributed by atoms with E-state index in [0.29, 0.717) is 23.5 Å². The third-order valence-corrected chi connectivity index (χ3v) is 7.71. The fourth-order valence-electron chi connectivity index (χ4n) is 3.86. The maximum Gasteiger partial charge on any atom is 0.259 e. The lowest BCUT2D eigenvalue weighted by molar-refractivity contribution is 0.229. The predicted octanol–water partition coefficient (Wildman–Crippen LogP) is 3.70. The second kappa shape index (κ2) is 9.45. The molecule has 3 aromatic rings. The number of thiophene rings is 1. The highest BCUT2D eigenvalue weighted by atomic mass is 32.2. The fraction of sp³-hybridized carbons (Fsp3) is 0.524. The highest BCUT2D eigenvalue weighted by Gasteiger charge is 2.16. The van der Waals surface area contributed by atoms with Gasteiger partial charge >= 0.3 is 0 Å². The Morgan fingerprint density at radius 3 is 2.80 bits per heavy atom. The molecule has 30 heavy (non-hydrogen) atoms. The normalized spacial score (nSPS) is 15.1. The molecule has 1 aliphatic heterocycles. The lowest BCUT2D eigenvalue weighted by Crippen LogP contribution is -2.32. The second-order valence-corrected chi connectivity index (χ2v) is 9.86. The maximum atomic E-state index is 12.5. The van der Waals surface area contributed by atoms with Gasteiger partial charge < -0.3 is 14.5 Å². The molecule has 0 bridgehead atoms. The van der Waals surface area contributed by atoms with Crippen molar-refractivity contribution >= 4 is 33.3 Å². The summed E-state index contributed by atoms with van der Waals surface area (Å²) in [5.74, 6) is 2.20. The Balaban J connectivity index is 1.47. The summed E-state index contributed by atoms with van der Waals surface area (Å²) >= 11 is 3.12. The van der Waals surface area contributed by atoms with Gasteiger partial charge in [-0.3, -0.25) is 4.79 Å². The molecule has 1 fully saturated rings. The van der Waals surface area contributed by atoms with E-state index < -0.39 is 0 Å². The molecule has 0 aliphatic carbocycles. The van der Waals surface area contributed by atoms with Gasteiger partial charge in [-0.25, -0.2) is 4.98 Å². The molecular formula is C21H28N6OS2. The van der Waals surface area contributed by atoms with Gasteiger partial charge in [-0.05, 0) is 45.3 Å². The van der Waals surface area contributed by atoms with Crippen LogP contribution in [-0.2, 0) is 18.7 Å². The Hall–Kier alpha value is -1.97. The number of hydrogen-bond acceptors (Lipinski definition) is 7. The molecule has 1 aliphatic rings. The first kappa shape index (κ1) is 21.3. The van der Waals surface area contributed by atoms with Crippen LogP contribution < -0.4 is 5.56 Å². The summed E-state index contributed by atoms with van der Waals surface area (Å²) in [5.41, 5.74) is 0.958. The average molecular weight is 445 g/mol. The van der Waals surface area contributed by atoms with Crippen LogP contribution >= 0.6 is 23.1 Å². The number of nitrogens with one attached hydrogen (secondary N) is 1. The fourth-order valence-corrected chi connectivity index (χ4v) is 5.75. The summed E-state index contributed by atoms with van der Waals surface area (Å²) in [5, 5.41) is 10.4. The molecule has 0 atom stereocenters. The summed E-state index contributed by atoms with van der Waals surface area (Å²) in [6.45, 7) is 11.9. The molecule has 1 saturated heterocycles. The zero-order valence-electron chi connectivity index (χ0n) is 17.6. The molecule has 0 saturated carbocycles. The van der Waals surface area contributed by atoms with Gasteiger partial charge in [0, 0.05) is 24.4 Å². The smallest absolute Gasteiger partial charge is 0.259 e. The van der Waals surface area contributed by atoms with E-state index in [1.165, 1.54) is 32.4 Å². The number of nitrogens with zero attached hydrogens (tertiary/aromatic N) is 5. The van der Waals surface area contributed by atoms with Gasteiger partial charge in [0.1, 0.15) is 16.5 Å². The van der Waals surface area contributed by atoms with E-state index in [4.69, 9.17) is 0 Å². The third kappa shape index (κ3) is 4.53. The topological polar surface area (TPSA) is 79.7 Å². The first-order valence-electron chi connectivity index (χ1n) is 10.4. The average Bonchev–Trinajstić information content (AvgIpc) is 3.26. The summed E-state index contributed by atoms with van der Waals surface area (Å²) in [6, 6.07) is 0. The minimum atomic E-state index is -0.0628. The van der Waals surface area contributed by atoms with Crippen molar-refractivity contribution in [3.63, 3.8) is 0 Å². The standard InChI is InChI=1S/C21H28N6OS2/c1-4-9-27-17(8-12-26-10-6-5-7-11-26)24-25-21(27)29-13-16-22-19(28)18-14(2)15(3)30-20(18)23-16/h4H,1,5-13H2,2-3H3,(H,22,23,28). The van der Waals surface area contributed by atoms with Crippen LogP contribution in [0.25, 0.3) is 10.2 Å². The number of aromatic amines is 1. The number of aromatic nitrogens is 5. The van der Waals surface area contributed by atoms with Gasteiger partial charge in [-0.2, -0.15) is 0 Å². The van der Waals surface area contributed by atoms with E-state index in [-0.39, 0.29) is 5.56 Å². The number of thioether (sulfide) groups is 1. The molecule has 0 unspecified atom stereocenters. The quantitative estimate of drug-likeness (QED) is 0.422. The van der Waals surface area contributed by atoms with Crippen molar-refractivity contribution in [3.05, 3.63) is 45.1 Å².